The van der Waals surface area contributed by atoms with E-state index in [1.165, 1.54) is 10.8 Å². The summed E-state index contributed by atoms with van der Waals surface area (Å²) in [6.45, 7) is 0.322. The summed E-state index contributed by atoms with van der Waals surface area (Å²) in [6, 6.07) is 5.13. The maximum atomic E-state index is 11.6. The zero-order chi connectivity index (χ0) is 13.3. The Morgan fingerprint density at radius 3 is 2.61 bits per heavy atom. The molecular weight excluding hydrogens is 390 g/mol. The van der Waals surface area contributed by atoms with Crippen molar-refractivity contribution in [2.24, 2.45) is 0 Å². The fourth-order valence-corrected chi connectivity index (χ4v) is 2.23. The van der Waals surface area contributed by atoms with Crippen LogP contribution in [-0.2, 0) is 6.54 Å². The second-order valence-electron chi connectivity index (χ2n) is 3.61. The highest BCUT2D eigenvalue weighted by molar-refractivity contribution is 14.1. The molecule has 2 aromatic rings. The van der Waals surface area contributed by atoms with Gasteiger partial charge in [-0.3, -0.25) is 14.3 Å². The molecule has 2 rings (SSSR count). The van der Waals surface area contributed by atoms with E-state index in [1.54, 1.807) is 18.2 Å². The third-order valence-electron chi connectivity index (χ3n) is 2.30. The van der Waals surface area contributed by atoms with Gasteiger partial charge in [0.15, 0.2) is 0 Å². The second kappa shape index (κ2) is 5.46. The fraction of sp³-hybridized carbons (Fsp3) is 0.0909. The van der Waals surface area contributed by atoms with Gasteiger partial charge >= 0.3 is 5.69 Å². The topological polar surface area (TPSA) is 54.9 Å². The first-order valence-electron chi connectivity index (χ1n) is 4.90. The highest BCUT2D eigenvalue weighted by Gasteiger charge is 2.04. The predicted molar refractivity (Wildman–Crippen MR) is 79.6 cm³/mol. The molecule has 0 aliphatic carbocycles. The number of halogens is 3. The molecule has 1 aromatic heterocycles. The van der Waals surface area contributed by atoms with E-state index < -0.39 is 5.69 Å². The van der Waals surface area contributed by atoms with Crippen molar-refractivity contribution in [3.05, 3.63) is 64.4 Å². The molecule has 4 nitrogen and oxygen atoms in total. The molecule has 0 aliphatic heterocycles. The van der Waals surface area contributed by atoms with Crippen LogP contribution in [0.1, 0.15) is 5.56 Å². The second-order valence-corrected chi connectivity index (χ2v) is 5.59. The van der Waals surface area contributed by atoms with E-state index in [4.69, 9.17) is 23.2 Å². The Bertz CT molecular complexity index is 709. The summed E-state index contributed by atoms with van der Waals surface area (Å²) in [5.74, 6) is 0. The molecule has 0 aliphatic rings. The van der Waals surface area contributed by atoms with Crippen LogP contribution in [0.25, 0.3) is 0 Å². The van der Waals surface area contributed by atoms with Crippen molar-refractivity contribution < 1.29 is 0 Å². The number of aromatic amines is 1. The molecule has 0 saturated heterocycles. The minimum atomic E-state index is -0.452. The van der Waals surface area contributed by atoms with E-state index in [0.29, 0.717) is 20.2 Å². The monoisotopic (exact) mass is 396 g/mol. The normalized spacial score (nSPS) is 10.6. The summed E-state index contributed by atoms with van der Waals surface area (Å²) < 4.78 is 1.86. The van der Waals surface area contributed by atoms with Crippen LogP contribution in [0, 0.1) is 3.57 Å². The lowest BCUT2D eigenvalue weighted by Gasteiger charge is -2.06. The number of hydrogen-bond acceptors (Lipinski definition) is 2. The molecule has 94 valence electrons. The van der Waals surface area contributed by atoms with E-state index in [1.807, 2.05) is 22.6 Å². The number of H-pyrrole nitrogens is 1. The van der Waals surface area contributed by atoms with Crippen molar-refractivity contribution in [1.82, 2.24) is 9.55 Å². The minimum absolute atomic E-state index is 0.322. The number of aromatic nitrogens is 2. The number of nitrogens with zero attached hydrogens (tertiary/aromatic N) is 1. The molecule has 0 bridgehead atoms. The van der Waals surface area contributed by atoms with Gasteiger partial charge in [-0.2, -0.15) is 0 Å². The van der Waals surface area contributed by atoms with Gasteiger partial charge in [-0.25, -0.2) is 4.79 Å². The molecule has 7 heteroatoms. The van der Waals surface area contributed by atoms with E-state index in [-0.39, 0.29) is 5.56 Å². The standard InChI is InChI=1S/C11H7Cl2IN2O2/c12-7-2-1-6(3-8(7)13)4-16-5-9(14)10(17)15-11(16)18/h1-3,5H,4H2,(H,15,17,18). The molecule has 18 heavy (non-hydrogen) atoms. The van der Waals surface area contributed by atoms with E-state index >= 15 is 0 Å². The van der Waals surface area contributed by atoms with Crippen LogP contribution in [0.4, 0.5) is 0 Å². The van der Waals surface area contributed by atoms with Crippen LogP contribution in [0.2, 0.25) is 10.0 Å². The van der Waals surface area contributed by atoms with Gasteiger partial charge in [0, 0.05) is 6.20 Å². The van der Waals surface area contributed by atoms with Crippen molar-refractivity contribution >= 4 is 45.8 Å². The third-order valence-corrected chi connectivity index (χ3v) is 3.81. The molecule has 1 aromatic carbocycles. The smallest absolute Gasteiger partial charge is 0.295 e. The fourth-order valence-electron chi connectivity index (χ4n) is 1.43. The molecular formula is C11H7Cl2IN2O2. The summed E-state index contributed by atoms with van der Waals surface area (Å²) >= 11 is 13.6. The Hall–Kier alpha value is -0.790. The van der Waals surface area contributed by atoms with Crippen LogP contribution in [0.15, 0.2) is 34.0 Å². The third kappa shape index (κ3) is 2.96. The van der Waals surface area contributed by atoms with Gasteiger partial charge in [0.1, 0.15) is 0 Å². The van der Waals surface area contributed by atoms with Gasteiger partial charge in [0.25, 0.3) is 5.56 Å². The summed E-state index contributed by atoms with van der Waals surface area (Å²) in [7, 11) is 0. The number of hydrogen-bond donors (Lipinski definition) is 1. The minimum Gasteiger partial charge on any atom is -0.295 e. The van der Waals surface area contributed by atoms with E-state index in [0.717, 1.165) is 5.56 Å². The molecule has 0 radical (unpaired) electrons. The lowest BCUT2D eigenvalue weighted by Crippen LogP contribution is -2.31. The highest BCUT2D eigenvalue weighted by Crippen LogP contribution is 2.22. The molecule has 0 unspecified atom stereocenters. The van der Waals surface area contributed by atoms with Gasteiger partial charge in [0.2, 0.25) is 0 Å². The first-order valence-corrected chi connectivity index (χ1v) is 6.74. The Morgan fingerprint density at radius 1 is 1.22 bits per heavy atom. The van der Waals surface area contributed by atoms with Gasteiger partial charge in [0.05, 0.1) is 20.2 Å². The summed E-state index contributed by atoms with van der Waals surface area (Å²) in [5.41, 5.74) is -0.00757. The maximum absolute atomic E-state index is 11.6. The molecule has 0 atom stereocenters. The first-order chi connectivity index (χ1) is 8.47. The maximum Gasteiger partial charge on any atom is 0.328 e. The van der Waals surface area contributed by atoms with Crippen LogP contribution in [0.3, 0.4) is 0 Å². The van der Waals surface area contributed by atoms with Gasteiger partial charge in [-0.05, 0) is 40.3 Å². The molecule has 1 heterocycles. The van der Waals surface area contributed by atoms with Crippen LogP contribution < -0.4 is 11.2 Å². The molecule has 0 saturated carbocycles. The van der Waals surface area contributed by atoms with Crippen LogP contribution in [-0.4, -0.2) is 9.55 Å². The number of nitrogens with one attached hydrogen (secondary N) is 1. The summed E-state index contributed by atoms with van der Waals surface area (Å²) in [6.07, 6.45) is 1.50. The van der Waals surface area contributed by atoms with Crippen molar-refractivity contribution in [1.29, 1.82) is 0 Å². The van der Waals surface area contributed by atoms with Gasteiger partial charge < -0.3 is 0 Å². The zero-order valence-corrected chi connectivity index (χ0v) is 12.6. The Kier molecular flexibility index (Phi) is 4.14. The number of rotatable bonds is 2. The first kappa shape index (κ1) is 13.6. The van der Waals surface area contributed by atoms with Crippen molar-refractivity contribution in [3.63, 3.8) is 0 Å². The zero-order valence-electron chi connectivity index (χ0n) is 8.91. The van der Waals surface area contributed by atoms with Crippen molar-refractivity contribution in [2.75, 3.05) is 0 Å². The Morgan fingerprint density at radius 2 is 1.94 bits per heavy atom. The summed E-state index contributed by atoms with van der Waals surface area (Å²) in [5, 5.41) is 0.894. The van der Waals surface area contributed by atoms with Gasteiger partial charge in [-0.1, -0.05) is 29.3 Å². The highest BCUT2D eigenvalue weighted by atomic mass is 127. The SMILES string of the molecule is O=c1[nH]c(=O)n(Cc2ccc(Cl)c(Cl)c2)cc1I. The summed E-state index contributed by atoms with van der Waals surface area (Å²) in [4.78, 5) is 25.1. The molecule has 0 amide bonds. The molecule has 0 fully saturated rings. The lowest BCUT2D eigenvalue weighted by molar-refractivity contribution is 0.715. The largest absolute Gasteiger partial charge is 0.328 e. The van der Waals surface area contributed by atoms with Crippen molar-refractivity contribution in [3.8, 4) is 0 Å². The molecule has 1 N–H and O–H groups in total. The van der Waals surface area contributed by atoms with E-state index in [9.17, 15) is 9.59 Å². The Balaban J connectivity index is 2.40. The van der Waals surface area contributed by atoms with Gasteiger partial charge in [-0.15, -0.1) is 0 Å². The quantitative estimate of drug-likeness (QED) is 0.793. The predicted octanol–water partition coefficient (Wildman–Crippen LogP) is 2.50. The van der Waals surface area contributed by atoms with E-state index in [2.05, 4.69) is 4.98 Å². The van der Waals surface area contributed by atoms with Crippen LogP contribution >= 0.6 is 45.8 Å². The molecule has 0 spiro atoms. The Labute approximate surface area is 126 Å². The lowest BCUT2D eigenvalue weighted by atomic mass is 10.2. The average molecular weight is 397 g/mol. The van der Waals surface area contributed by atoms with Crippen LogP contribution in [0.5, 0.6) is 0 Å². The average Bonchev–Trinajstić information content (AvgIpc) is 2.31. The number of benzene rings is 1. The van der Waals surface area contributed by atoms with Crippen molar-refractivity contribution in [2.45, 2.75) is 6.54 Å².